The molecule has 0 bridgehead atoms. The van der Waals surface area contributed by atoms with Crippen LogP contribution in [0.1, 0.15) is 63.0 Å². The Labute approximate surface area is 173 Å². The van der Waals surface area contributed by atoms with Crippen molar-refractivity contribution in [3.63, 3.8) is 0 Å². The topological polar surface area (TPSA) is 71.8 Å². The van der Waals surface area contributed by atoms with Gasteiger partial charge in [0, 0.05) is 43.8 Å². The van der Waals surface area contributed by atoms with Crippen LogP contribution in [0, 0.1) is 11.3 Å². The van der Waals surface area contributed by atoms with Crippen LogP contribution in [-0.4, -0.2) is 65.4 Å². The van der Waals surface area contributed by atoms with Crippen molar-refractivity contribution in [1.29, 1.82) is 0 Å². The molecule has 2 fully saturated rings. The van der Waals surface area contributed by atoms with Crippen LogP contribution in [0.25, 0.3) is 0 Å². The van der Waals surface area contributed by atoms with Crippen molar-refractivity contribution >= 4 is 17.8 Å². The number of hydrogen-bond acceptors (Lipinski definition) is 4. The molecular weight excluding hydrogens is 370 g/mol. The normalized spacial score (nSPS) is 21.2. The predicted octanol–water partition coefficient (Wildman–Crippen LogP) is 2.72. The lowest BCUT2D eigenvalue weighted by Gasteiger charge is -2.39. The van der Waals surface area contributed by atoms with E-state index in [2.05, 4.69) is 0 Å². The number of methoxy groups -OCH3 is 1. The van der Waals surface area contributed by atoms with Gasteiger partial charge in [-0.15, -0.1) is 0 Å². The third-order valence-electron chi connectivity index (χ3n) is 6.04. The van der Waals surface area contributed by atoms with Gasteiger partial charge >= 0.3 is 5.97 Å². The van der Waals surface area contributed by atoms with Crippen molar-refractivity contribution in [1.82, 2.24) is 14.4 Å². The number of carbonyl (C=O) groups excluding carboxylic acids is 3. The zero-order valence-electron chi connectivity index (χ0n) is 18.0. The molecule has 0 aromatic carbocycles. The largest absolute Gasteiger partial charge is 0.464 e. The van der Waals surface area contributed by atoms with E-state index in [1.54, 1.807) is 6.07 Å². The third-order valence-corrected chi connectivity index (χ3v) is 6.04. The molecule has 2 amide bonds. The Morgan fingerprint density at radius 3 is 2.34 bits per heavy atom. The maximum Gasteiger partial charge on any atom is 0.354 e. The molecule has 1 aromatic rings. The molecule has 2 saturated heterocycles. The van der Waals surface area contributed by atoms with E-state index in [1.165, 1.54) is 7.11 Å². The van der Waals surface area contributed by atoms with E-state index in [1.807, 2.05) is 47.4 Å². The fourth-order valence-corrected chi connectivity index (χ4v) is 4.45. The highest BCUT2D eigenvalue weighted by Crippen LogP contribution is 2.28. The van der Waals surface area contributed by atoms with E-state index >= 15 is 0 Å². The Kier molecular flexibility index (Phi) is 6.34. The highest BCUT2D eigenvalue weighted by molar-refractivity contribution is 5.87. The predicted molar refractivity (Wildman–Crippen MR) is 109 cm³/mol. The fourth-order valence-electron chi connectivity index (χ4n) is 4.45. The summed E-state index contributed by atoms with van der Waals surface area (Å²) in [6.45, 7) is 8.39. The second-order valence-corrected chi connectivity index (χ2v) is 9.19. The Hall–Kier alpha value is -2.31. The van der Waals surface area contributed by atoms with Crippen molar-refractivity contribution in [2.75, 3.05) is 33.3 Å². The van der Waals surface area contributed by atoms with Gasteiger partial charge in [0.15, 0.2) is 0 Å². The summed E-state index contributed by atoms with van der Waals surface area (Å²) in [7, 11) is 1.39. The lowest BCUT2D eigenvalue weighted by Crippen LogP contribution is -2.50. The molecule has 3 rings (SSSR count). The number of carbonyl (C=O) groups is 3. The van der Waals surface area contributed by atoms with E-state index in [4.69, 9.17) is 4.74 Å². The molecule has 7 nitrogen and oxygen atoms in total. The molecule has 0 spiro atoms. The lowest BCUT2D eigenvalue weighted by atomic mass is 9.90. The van der Waals surface area contributed by atoms with Crippen molar-refractivity contribution in [2.24, 2.45) is 11.3 Å². The summed E-state index contributed by atoms with van der Waals surface area (Å²) in [4.78, 5) is 41.4. The molecule has 7 heteroatoms. The first-order valence-electron chi connectivity index (χ1n) is 10.6. The number of rotatable bonds is 3. The fraction of sp³-hybridized carbons (Fsp3) is 0.682. The highest BCUT2D eigenvalue weighted by atomic mass is 16.5. The first-order chi connectivity index (χ1) is 13.7. The number of ether oxygens (including phenoxy) is 1. The summed E-state index contributed by atoms with van der Waals surface area (Å²) in [5.41, 5.74) is 0.137. The van der Waals surface area contributed by atoms with Crippen molar-refractivity contribution in [2.45, 2.75) is 52.5 Å². The van der Waals surface area contributed by atoms with Crippen LogP contribution in [0.5, 0.6) is 0 Å². The molecule has 1 aromatic heterocycles. The Bertz CT molecular complexity index is 756. The quantitative estimate of drug-likeness (QED) is 0.728. The number of hydrogen-bond donors (Lipinski definition) is 0. The van der Waals surface area contributed by atoms with Gasteiger partial charge in [-0.25, -0.2) is 4.79 Å². The molecule has 0 radical (unpaired) electrons. The van der Waals surface area contributed by atoms with Gasteiger partial charge in [0.1, 0.15) is 5.69 Å². The minimum Gasteiger partial charge on any atom is -0.464 e. The van der Waals surface area contributed by atoms with Crippen LogP contribution in [0.2, 0.25) is 0 Å². The molecule has 29 heavy (non-hydrogen) atoms. The van der Waals surface area contributed by atoms with Crippen LogP contribution in [0.4, 0.5) is 0 Å². The van der Waals surface area contributed by atoms with Crippen molar-refractivity contribution < 1.29 is 19.1 Å². The number of likely N-dealkylation sites (tertiary alicyclic amines) is 2. The zero-order chi connectivity index (χ0) is 21.2. The van der Waals surface area contributed by atoms with Crippen LogP contribution in [0.3, 0.4) is 0 Å². The number of nitrogens with zero attached hydrogens (tertiary/aromatic N) is 3. The van der Waals surface area contributed by atoms with Gasteiger partial charge in [0.2, 0.25) is 11.8 Å². The minimum absolute atomic E-state index is 0.108. The van der Waals surface area contributed by atoms with Gasteiger partial charge in [-0.1, -0.05) is 20.8 Å². The molecule has 0 saturated carbocycles. The van der Waals surface area contributed by atoms with Gasteiger partial charge in [-0.3, -0.25) is 9.59 Å². The van der Waals surface area contributed by atoms with Crippen LogP contribution in [0.15, 0.2) is 18.3 Å². The van der Waals surface area contributed by atoms with E-state index in [-0.39, 0.29) is 29.7 Å². The maximum absolute atomic E-state index is 13.1. The van der Waals surface area contributed by atoms with Crippen LogP contribution >= 0.6 is 0 Å². The average molecular weight is 404 g/mol. The summed E-state index contributed by atoms with van der Waals surface area (Å²) in [5.74, 6) is -0.157. The molecule has 3 heterocycles. The van der Waals surface area contributed by atoms with Gasteiger partial charge < -0.3 is 19.1 Å². The highest BCUT2D eigenvalue weighted by Gasteiger charge is 2.36. The van der Waals surface area contributed by atoms with E-state index in [9.17, 15) is 14.4 Å². The standard InChI is InChI=1S/C22H33N3O4/c1-22(2,3)21(28)24-11-5-7-16(15-24)19(26)23-13-9-17(10-14-23)25-12-6-8-18(25)20(27)29-4/h6,8,12,16-17H,5,7,9-11,13-15H2,1-4H3. The summed E-state index contributed by atoms with van der Waals surface area (Å²) < 4.78 is 6.83. The van der Waals surface area contributed by atoms with Gasteiger partial charge in [0.25, 0.3) is 0 Å². The number of amides is 2. The molecule has 2 aliphatic heterocycles. The van der Waals surface area contributed by atoms with Crippen LogP contribution in [-0.2, 0) is 14.3 Å². The van der Waals surface area contributed by atoms with Crippen molar-refractivity contribution in [3.8, 4) is 0 Å². The Balaban J connectivity index is 1.58. The summed E-state index contributed by atoms with van der Waals surface area (Å²) in [5, 5.41) is 0. The average Bonchev–Trinajstić information content (AvgIpc) is 3.21. The van der Waals surface area contributed by atoms with Gasteiger partial charge in [-0.05, 0) is 37.8 Å². The lowest BCUT2D eigenvalue weighted by molar-refractivity contribution is -0.145. The number of aromatic nitrogens is 1. The SMILES string of the molecule is COC(=O)c1cccn1C1CCN(C(=O)C2CCCN(C(=O)C(C)(C)C)C2)CC1. The van der Waals surface area contributed by atoms with E-state index in [0.29, 0.717) is 25.3 Å². The summed E-state index contributed by atoms with van der Waals surface area (Å²) in [6, 6.07) is 3.81. The summed E-state index contributed by atoms with van der Waals surface area (Å²) >= 11 is 0. The van der Waals surface area contributed by atoms with Crippen molar-refractivity contribution in [3.05, 3.63) is 24.0 Å². The van der Waals surface area contributed by atoms with Crippen LogP contribution < -0.4 is 0 Å². The monoisotopic (exact) mass is 403 g/mol. The second kappa shape index (κ2) is 8.59. The smallest absolute Gasteiger partial charge is 0.354 e. The number of esters is 1. The first kappa shape index (κ1) is 21.4. The molecule has 1 unspecified atom stereocenters. The molecule has 1 atom stereocenters. The number of piperidine rings is 2. The minimum atomic E-state index is -0.419. The van der Waals surface area contributed by atoms with E-state index in [0.717, 1.165) is 32.2 Å². The molecule has 2 aliphatic rings. The van der Waals surface area contributed by atoms with E-state index < -0.39 is 5.41 Å². The molecule has 0 N–H and O–H groups in total. The molecule has 0 aliphatic carbocycles. The molecule has 160 valence electrons. The summed E-state index contributed by atoms with van der Waals surface area (Å²) in [6.07, 6.45) is 5.24. The second-order valence-electron chi connectivity index (χ2n) is 9.19. The maximum atomic E-state index is 13.1. The Morgan fingerprint density at radius 1 is 1.03 bits per heavy atom. The van der Waals surface area contributed by atoms with Gasteiger partial charge in [0.05, 0.1) is 13.0 Å². The first-order valence-corrected chi connectivity index (χ1v) is 10.6. The molecular formula is C22H33N3O4. The zero-order valence-corrected chi connectivity index (χ0v) is 18.0. The third kappa shape index (κ3) is 4.65. The Morgan fingerprint density at radius 2 is 1.72 bits per heavy atom. The van der Waals surface area contributed by atoms with Gasteiger partial charge in [-0.2, -0.15) is 0 Å².